The number of nitrogens with one attached hydrogen (secondary N) is 6. The maximum Gasteiger partial charge on any atom is 0.264 e. The van der Waals surface area contributed by atoms with Crippen LogP contribution in [0.2, 0.25) is 0 Å². The summed E-state index contributed by atoms with van der Waals surface area (Å²) in [7, 11) is 4.73. The molecule has 6 amide bonds. The molecule has 366 valence electrons. The van der Waals surface area contributed by atoms with Gasteiger partial charge in [0.15, 0.2) is 0 Å². The molecule has 3 aromatic heterocycles. The van der Waals surface area contributed by atoms with Crippen molar-refractivity contribution in [2.45, 2.75) is 31.8 Å². The van der Waals surface area contributed by atoms with E-state index in [2.05, 4.69) is 36.6 Å². The molecule has 21 nitrogen and oxygen atoms in total. The van der Waals surface area contributed by atoms with E-state index < -0.39 is 41.4 Å². The van der Waals surface area contributed by atoms with Gasteiger partial charge >= 0.3 is 0 Å². The van der Waals surface area contributed by atoms with Crippen LogP contribution in [-0.2, 0) is 35.1 Å². The SMILES string of the molecule is CNC(=O)c1c(F)cccc1Nc1nc(Nc2cc3c(ccn3CCN(C)C(=O)CCOCCOCCOCCNc3cccc4c3C(=O)N(C3CCC(=O)NC3=O)C4=O)cc2OC)nc2[nH]ccc12. The first-order valence-electron chi connectivity index (χ1n) is 22.6. The van der Waals surface area contributed by atoms with Gasteiger partial charge in [-0.2, -0.15) is 9.97 Å². The number of aromatic amines is 1. The fourth-order valence-electron chi connectivity index (χ4n) is 8.20. The van der Waals surface area contributed by atoms with Crippen LogP contribution in [0.3, 0.4) is 0 Å². The molecule has 2 aliphatic rings. The first-order valence-corrected chi connectivity index (χ1v) is 22.6. The molecule has 70 heavy (non-hydrogen) atoms. The zero-order valence-electron chi connectivity index (χ0n) is 38.7. The molecule has 0 bridgehead atoms. The maximum atomic E-state index is 14.8. The molecule has 1 unspecified atom stereocenters. The maximum absolute atomic E-state index is 14.8. The second kappa shape index (κ2) is 22.0. The topological polar surface area (TPSA) is 252 Å². The van der Waals surface area contributed by atoms with Crippen LogP contribution in [0.5, 0.6) is 5.75 Å². The first-order chi connectivity index (χ1) is 33.9. The Hall–Kier alpha value is -7.95. The quantitative estimate of drug-likeness (QED) is 0.0387. The number of rotatable bonds is 23. The molecule has 0 spiro atoms. The molecule has 1 fully saturated rings. The molecular formula is C48H52FN11O10. The van der Waals surface area contributed by atoms with E-state index in [1.165, 1.54) is 25.2 Å². The number of halogens is 1. The van der Waals surface area contributed by atoms with E-state index in [-0.39, 0.29) is 66.7 Å². The summed E-state index contributed by atoms with van der Waals surface area (Å²) in [5.41, 5.74) is 2.84. The minimum Gasteiger partial charge on any atom is -0.495 e. The number of methoxy groups -OCH3 is 1. The highest BCUT2D eigenvalue weighted by Crippen LogP contribution is 2.35. The van der Waals surface area contributed by atoms with E-state index in [9.17, 15) is 33.2 Å². The first kappa shape index (κ1) is 48.5. The Bertz CT molecular complexity index is 2960. The molecule has 6 N–H and O–H groups in total. The van der Waals surface area contributed by atoms with Gasteiger partial charge < -0.3 is 54.7 Å². The van der Waals surface area contributed by atoms with Crippen molar-refractivity contribution in [2.24, 2.45) is 0 Å². The number of anilines is 5. The van der Waals surface area contributed by atoms with Crippen LogP contribution in [0.1, 0.15) is 50.3 Å². The second-order valence-corrected chi connectivity index (χ2v) is 16.3. The molecule has 1 atom stereocenters. The average Bonchev–Trinajstić information content (AvgIpc) is 4.06. The van der Waals surface area contributed by atoms with Crippen molar-refractivity contribution in [3.8, 4) is 5.75 Å². The van der Waals surface area contributed by atoms with Crippen molar-refractivity contribution in [1.82, 2.24) is 40.0 Å². The van der Waals surface area contributed by atoms with Crippen LogP contribution in [-0.4, -0.2) is 145 Å². The fourth-order valence-corrected chi connectivity index (χ4v) is 8.20. The summed E-state index contributed by atoms with van der Waals surface area (Å²) >= 11 is 0. The van der Waals surface area contributed by atoms with Crippen LogP contribution >= 0.6 is 0 Å². The van der Waals surface area contributed by atoms with Crippen LogP contribution in [0.25, 0.3) is 21.9 Å². The Labute approximate surface area is 400 Å². The lowest BCUT2D eigenvalue weighted by molar-refractivity contribution is -0.136. The number of carbonyl (C=O) groups excluding carboxylic acids is 6. The van der Waals surface area contributed by atoms with Crippen molar-refractivity contribution in [3.05, 3.63) is 95.6 Å². The number of aromatic nitrogens is 4. The van der Waals surface area contributed by atoms with Crippen LogP contribution in [0.15, 0.2) is 73.1 Å². The number of H-pyrrole nitrogens is 1. The molecule has 2 aliphatic heterocycles. The smallest absolute Gasteiger partial charge is 0.264 e. The predicted octanol–water partition coefficient (Wildman–Crippen LogP) is 4.32. The molecule has 0 aliphatic carbocycles. The number of imide groups is 2. The van der Waals surface area contributed by atoms with Crippen molar-refractivity contribution in [3.63, 3.8) is 0 Å². The van der Waals surface area contributed by atoms with E-state index in [1.54, 1.807) is 49.5 Å². The summed E-state index contributed by atoms with van der Waals surface area (Å²) in [6, 6.07) is 15.7. The molecule has 8 rings (SSSR count). The Kier molecular flexibility index (Phi) is 15.2. The molecule has 0 radical (unpaired) electrons. The second-order valence-electron chi connectivity index (χ2n) is 16.3. The van der Waals surface area contributed by atoms with Gasteiger partial charge in [-0.1, -0.05) is 12.1 Å². The van der Waals surface area contributed by atoms with E-state index >= 15 is 0 Å². The zero-order valence-corrected chi connectivity index (χ0v) is 38.7. The van der Waals surface area contributed by atoms with Gasteiger partial charge in [-0.25, -0.2) is 4.39 Å². The molecule has 1 saturated heterocycles. The number of fused-ring (bicyclic) bond motifs is 3. The molecule has 6 aromatic rings. The fraction of sp³-hybridized carbons (Fsp3) is 0.333. The van der Waals surface area contributed by atoms with E-state index in [4.69, 9.17) is 23.9 Å². The third-order valence-corrected chi connectivity index (χ3v) is 11.8. The van der Waals surface area contributed by atoms with Crippen LogP contribution in [0, 0.1) is 5.82 Å². The molecular weight excluding hydrogens is 910 g/mol. The minimum absolute atomic E-state index is 0.0431. The number of nitrogens with zero attached hydrogens (tertiary/aromatic N) is 5. The van der Waals surface area contributed by atoms with Gasteiger partial charge in [0.05, 0.1) is 92.1 Å². The Balaban J connectivity index is 0.744. The normalized spacial score (nSPS) is 14.5. The predicted molar refractivity (Wildman–Crippen MR) is 255 cm³/mol. The standard InChI is InChI=1S/C48H52FN11O10/c1-50-45(64)41-31(49)7-5-9-33(41)53-43-30-12-15-52-42(30)56-48(57-43)54-34-27-36-28(26-37(34)67-3)13-17-59(36)19-18-58(2)39(62)14-20-68-22-24-70-25-23-69-21-16-51-32-8-4-6-29-40(32)47(66)60(46(29)65)35-10-11-38(61)55-44(35)63/h4-9,12-13,15,17,26-27,35,51H,10-11,14,16,18-25H2,1-3H3,(H,50,64)(H,55,61,63)(H3,52,53,54,56,57). The van der Waals surface area contributed by atoms with Crippen molar-refractivity contribution >= 4 is 86.2 Å². The van der Waals surface area contributed by atoms with E-state index in [1.807, 2.05) is 29.0 Å². The summed E-state index contributed by atoms with van der Waals surface area (Å²) in [6.07, 6.45) is 3.96. The van der Waals surface area contributed by atoms with E-state index in [0.717, 1.165) is 15.8 Å². The monoisotopic (exact) mass is 961 g/mol. The van der Waals surface area contributed by atoms with E-state index in [0.29, 0.717) is 80.0 Å². The molecule has 0 saturated carbocycles. The highest BCUT2D eigenvalue weighted by atomic mass is 19.1. The lowest BCUT2D eigenvalue weighted by Crippen LogP contribution is -2.54. The Morgan fingerprint density at radius 2 is 1.64 bits per heavy atom. The van der Waals surface area contributed by atoms with Crippen LogP contribution in [0.4, 0.5) is 33.2 Å². The largest absolute Gasteiger partial charge is 0.495 e. The number of amides is 6. The highest BCUT2D eigenvalue weighted by Gasteiger charge is 2.45. The summed E-state index contributed by atoms with van der Waals surface area (Å²) in [5, 5.41) is 15.7. The number of hydrogen-bond donors (Lipinski definition) is 6. The third kappa shape index (κ3) is 10.7. The number of ether oxygens (including phenoxy) is 4. The van der Waals surface area contributed by atoms with Crippen LogP contribution < -0.4 is 31.3 Å². The highest BCUT2D eigenvalue weighted by molar-refractivity contribution is 6.25. The zero-order chi connectivity index (χ0) is 49.3. The minimum atomic E-state index is -1.04. The van der Waals surface area contributed by atoms with Gasteiger partial charge in [0.2, 0.25) is 23.7 Å². The van der Waals surface area contributed by atoms with Gasteiger partial charge in [-0.3, -0.25) is 39.0 Å². The van der Waals surface area contributed by atoms with Gasteiger partial charge in [-0.15, -0.1) is 0 Å². The Morgan fingerprint density at radius 3 is 2.41 bits per heavy atom. The summed E-state index contributed by atoms with van der Waals surface area (Å²) in [5.74, 6) is -2.53. The van der Waals surface area contributed by atoms with Gasteiger partial charge in [0.25, 0.3) is 17.7 Å². The average molecular weight is 962 g/mol. The number of benzene rings is 3. The lowest BCUT2D eigenvalue weighted by atomic mass is 10.0. The van der Waals surface area contributed by atoms with Gasteiger partial charge in [-0.05, 0) is 55.0 Å². The van der Waals surface area contributed by atoms with Crippen molar-refractivity contribution < 1.29 is 52.1 Å². The van der Waals surface area contributed by atoms with Crippen molar-refractivity contribution in [1.29, 1.82) is 0 Å². The summed E-state index contributed by atoms with van der Waals surface area (Å²) in [4.78, 5) is 90.8. The lowest BCUT2D eigenvalue weighted by Gasteiger charge is -2.27. The molecule has 5 heterocycles. The number of likely N-dealkylation sites (N-methyl/N-ethyl adjacent to an activating group) is 1. The number of hydrogen-bond acceptors (Lipinski definition) is 15. The van der Waals surface area contributed by atoms with Gasteiger partial charge in [0, 0.05) is 63.6 Å². The molecule has 3 aromatic carbocycles. The number of carbonyl (C=O) groups is 6. The number of piperidine rings is 1. The molecule has 22 heteroatoms. The Morgan fingerprint density at radius 1 is 0.886 bits per heavy atom. The van der Waals surface area contributed by atoms with Crippen molar-refractivity contribution in [2.75, 3.05) is 89.9 Å². The van der Waals surface area contributed by atoms with Gasteiger partial charge in [0.1, 0.15) is 29.1 Å². The third-order valence-electron chi connectivity index (χ3n) is 11.8. The summed E-state index contributed by atoms with van der Waals surface area (Å²) in [6.45, 7) is 3.02. The summed E-state index contributed by atoms with van der Waals surface area (Å²) < 4.78 is 39.4.